The Kier molecular flexibility index (Phi) is 7.99. The Morgan fingerprint density at radius 1 is 1.35 bits per heavy atom. The topological polar surface area (TPSA) is 64.8 Å². The Hall–Kier alpha value is -1.14. The lowest BCUT2D eigenvalue weighted by atomic mass is 9.92. The third-order valence-electron chi connectivity index (χ3n) is 4.18. The number of rotatable bonds is 7. The maximum atomic E-state index is 12.7. The normalized spacial score (nSPS) is 20.0. The van der Waals surface area contributed by atoms with E-state index in [1.54, 1.807) is 14.0 Å². The van der Waals surface area contributed by atoms with Crippen LogP contribution in [-0.2, 0) is 19.8 Å². The molecule has 1 fully saturated rings. The number of ether oxygens (including phenoxy) is 2. The summed E-state index contributed by atoms with van der Waals surface area (Å²) in [5.74, 6) is 0.366. The van der Waals surface area contributed by atoms with Crippen LogP contribution in [0.25, 0.3) is 0 Å². The van der Waals surface area contributed by atoms with E-state index in [0.717, 1.165) is 18.5 Å². The fourth-order valence-corrected chi connectivity index (χ4v) is 2.78. The van der Waals surface area contributed by atoms with Crippen LogP contribution >= 0.6 is 12.4 Å². The number of methoxy groups -OCH3 is 1. The summed E-state index contributed by atoms with van der Waals surface area (Å²) in [5, 5.41) is 0. The number of halogens is 1. The highest BCUT2D eigenvalue weighted by molar-refractivity contribution is 5.87. The molecular formula is C17H27ClN2O3. The summed E-state index contributed by atoms with van der Waals surface area (Å²) >= 11 is 0. The van der Waals surface area contributed by atoms with Crippen molar-refractivity contribution in [1.29, 1.82) is 0 Å². The van der Waals surface area contributed by atoms with E-state index in [1.165, 1.54) is 0 Å². The molecule has 1 aromatic rings. The molecule has 0 aliphatic carbocycles. The van der Waals surface area contributed by atoms with Crippen molar-refractivity contribution < 1.29 is 14.3 Å². The van der Waals surface area contributed by atoms with Crippen LogP contribution < -0.4 is 5.73 Å². The summed E-state index contributed by atoms with van der Waals surface area (Å²) in [6.07, 6.45) is 0.962. The minimum absolute atomic E-state index is 0. The predicted octanol–water partition coefficient (Wildman–Crippen LogP) is 1.79. The molecule has 6 heteroatoms. The SMILES string of the molecule is COCCOCC1CCN(C(=O)C(C)(N)c2ccccc2)C1.Cl. The summed E-state index contributed by atoms with van der Waals surface area (Å²) in [6.45, 7) is 5.11. The zero-order chi connectivity index (χ0) is 16.0. The number of nitrogens with two attached hydrogens (primary N) is 1. The van der Waals surface area contributed by atoms with Crippen molar-refractivity contribution in [2.45, 2.75) is 18.9 Å². The first-order valence-electron chi connectivity index (χ1n) is 7.76. The molecule has 1 heterocycles. The Morgan fingerprint density at radius 2 is 2.04 bits per heavy atom. The first-order valence-corrected chi connectivity index (χ1v) is 7.76. The predicted molar refractivity (Wildman–Crippen MR) is 92.6 cm³/mol. The van der Waals surface area contributed by atoms with Crippen LogP contribution in [0.1, 0.15) is 18.9 Å². The number of nitrogens with zero attached hydrogens (tertiary/aromatic N) is 1. The molecular weight excluding hydrogens is 316 g/mol. The Morgan fingerprint density at radius 3 is 2.70 bits per heavy atom. The van der Waals surface area contributed by atoms with Crippen LogP contribution in [0.15, 0.2) is 30.3 Å². The highest BCUT2D eigenvalue weighted by atomic mass is 35.5. The van der Waals surface area contributed by atoms with Gasteiger partial charge >= 0.3 is 0 Å². The Bertz CT molecular complexity index is 482. The maximum Gasteiger partial charge on any atom is 0.246 e. The van der Waals surface area contributed by atoms with E-state index in [9.17, 15) is 4.79 Å². The van der Waals surface area contributed by atoms with E-state index in [4.69, 9.17) is 15.2 Å². The standard InChI is InChI=1S/C17H26N2O3.ClH/c1-17(18,15-6-4-3-5-7-15)16(20)19-9-8-14(12-19)13-22-11-10-21-2;/h3-7,14H,8-13,18H2,1-2H3;1H. The molecule has 2 rings (SSSR count). The van der Waals surface area contributed by atoms with E-state index in [2.05, 4.69) is 0 Å². The lowest BCUT2D eigenvalue weighted by Gasteiger charge is -2.29. The molecule has 1 aliphatic rings. The molecule has 1 amide bonds. The first kappa shape index (κ1) is 19.9. The fourth-order valence-electron chi connectivity index (χ4n) is 2.78. The quantitative estimate of drug-likeness (QED) is 0.767. The number of likely N-dealkylation sites (tertiary alicyclic amines) is 1. The van der Waals surface area contributed by atoms with Crippen molar-refractivity contribution in [3.8, 4) is 0 Å². The van der Waals surface area contributed by atoms with Gasteiger partial charge in [0.2, 0.25) is 5.91 Å². The average Bonchev–Trinajstić information content (AvgIpc) is 3.00. The van der Waals surface area contributed by atoms with Crippen LogP contribution in [0.2, 0.25) is 0 Å². The fraction of sp³-hybridized carbons (Fsp3) is 0.588. The van der Waals surface area contributed by atoms with Crippen LogP contribution in [0.4, 0.5) is 0 Å². The van der Waals surface area contributed by atoms with Gasteiger partial charge in [0.1, 0.15) is 5.54 Å². The summed E-state index contributed by atoms with van der Waals surface area (Å²) in [4.78, 5) is 14.6. The third-order valence-corrected chi connectivity index (χ3v) is 4.18. The average molecular weight is 343 g/mol. The summed E-state index contributed by atoms with van der Waals surface area (Å²) < 4.78 is 10.5. The Balaban J connectivity index is 0.00000264. The zero-order valence-corrected chi connectivity index (χ0v) is 14.7. The van der Waals surface area contributed by atoms with Crippen molar-refractivity contribution in [2.24, 2.45) is 11.7 Å². The van der Waals surface area contributed by atoms with Crippen molar-refractivity contribution in [2.75, 3.05) is 40.0 Å². The molecule has 0 bridgehead atoms. The minimum Gasteiger partial charge on any atom is -0.382 e. The smallest absolute Gasteiger partial charge is 0.246 e. The molecule has 1 aliphatic heterocycles. The lowest BCUT2D eigenvalue weighted by molar-refractivity contribution is -0.135. The summed E-state index contributed by atoms with van der Waals surface area (Å²) in [5.41, 5.74) is 6.18. The van der Waals surface area contributed by atoms with E-state index >= 15 is 0 Å². The highest BCUT2D eigenvalue weighted by Crippen LogP contribution is 2.25. The van der Waals surface area contributed by atoms with Crippen LogP contribution in [0.3, 0.4) is 0 Å². The number of amides is 1. The Labute approximate surface area is 144 Å². The van der Waals surface area contributed by atoms with Gasteiger partial charge in [-0.15, -0.1) is 12.4 Å². The van der Waals surface area contributed by atoms with E-state index in [-0.39, 0.29) is 18.3 Å². The van der Waals surface area contributed by atoms with Gasteiger partial charge in [0.25, 0.3) is 0 Å². The van der Waals surface area contributed by atoms with Gasteiger partial charge < -0.3 is 20.1 Å². The molecule has 1 saturated heterocycles. The molecule has 130 valence electrons. The van der Waals surface area contributed by atoms with Crippen LogP contribution in [-0.4, -0.2) is 50.8 Å². The van der Waals surface area contributed by atoms with Gasteiger partial charge in [0, 0.05) is 26.1 Å². The van der Waals surface area contributed by atoms with Gasteiger partial charge in [-0.05, 0) is 18.9 Å². The molecule has 23 heavy (non-hydrogen) atoms. The molecule has 0 radical (unpaired) electrons. The summed E-state index contributed by atoms with van der Waals surface area (Å²) in [6, 6.07) is 9.54. The molecule has 2 atom stereocenters. The van der Waals surface area contributed by atoms with Crippen LogP contribution in [0, 0.1) is 5.92 Å². The van der Waals surface area contributed by atoms with Gasteiger partial charge in [0.05, 0.1) is 19.8 Å². The maximum absolute atomic E-state index is 12.7. The molecule has 0 saturated carbocycles. The van der Waals surface area contributed by atoms with Crippen molar-refractivity contribution in [3.63, 3.8) is 0 Å². The largest absolute Gasteiger partial charge is 0.382 e. The van der Waals surface area contributed by atoms with Gasteiger partial charge in [-0.1, -0.05) is 30.3 Å². The zero-order valence-electron chi connectivity index (χ0n) is 13.9. The molecule has 2 N–H and O–H groups in total. The van der Waals surface area contributed by atoms with E-state index in [0.29, 0.717) is 32.3 Å². The molecule has 1 aromatic carbocycles. The second-order valence-corrected chi connectivity index (χ2v) is 6.04. The second kappa shape index (κ2) is 9.23. The van der Waals surface area contributed by atoms with Crippen molar-refractivity contribution in [3.05, 3.63) is 35.9 Å². The number of benzene rings is 1. The number of hydrogen-bond acceptors (Lipinski definition) is 4. The minimum atomic E-state index is -0.979. The third kappa shape index (κ3) is 5.18. The van der Waals surface area contributed by atoms with Crippen molar-refractivity contribution >= 4 is 18.3 Å². The lowest BCUT2D eigenvalue weighted by Crippen LogP contribution is -2.50. The molecule has 0 spiro atoms. The van der Waals surface area contributed by atoms with Gasteiger partial charge in [-0.3, -0.25) is 4.79 Å². The van der Waals surface area contributed by atoms with E-state index in [1.807, 2.05) is 35.2 Å². The van der Waals surface area contributed by atoms with E-state index < -0.39 is 5.54 Å². The van der Waals surface area contributed by atoms with Crippen LogP contribution in [0.5, 0.6) is 0 Å². The first-order chi connectivity index (χ1) is 10.6. The number of hydrogen-bond donors (Lipinski definition) is 1. The number of carbonyl (C=O) groups excluding carboxylic acids is 1. The molecule has 5 nitrogen and oxygen atoms in total. The van der Waals surface area contributed by atoms with Gasteiger partial charge in [0.15, 0.2) is 0 Å². The number of carbonyl (C=O) groups is 1. The van der Waals surface area contributed by atoms with Gasteiger partial charge in [-0.25, -0.2) is 0 Å². The van der Waals surface area contributed by atoms with Crippen molar-refractivity contribution in [1.82, 2.24) is 4.90 Å². The second-order valence-electron chi connectivity index (χ2n) is 6.04. The van der Waals surface area contributed by atoms with Gasteiger partial charge in [-0.2, -0.15) is 0 Å². The monoisotopic (exact) mass is 342 g/mol. The molecule has 2 unspecified atom stereocenters. The summed E-state index contributed by atoms with van der Waals surface area (Å²) in [7, 11) is 1.66. The highest BCUT2D eigenvalue weighted by Gasteiger charge is 2.37. The molecule has 0 aromatic heterocycles.